The van der Waals surface area contributed by atoms with Gasteiger partial charge in [0.2, 0.25) is 5.89 Å². The highest BCUT2D eigenvalue weighted by molar-refractivity contribution is 6.17. The van der Waals surface area contributed by atoms with E-state index in [9.17, 15) is 0 Å². The Morgan fingerprint density at radius 2 is 1.00 bits per heavy atom. The average molecular weight is 643 g/mol. The Hall–Kier alpha value is -6.92. The fraction of sp³-hybridized carbons (Fsp3) is 0. The van der Waals surface area contributed by atoms with E-state index in [2.05, 4.69) is 60.7 Å². The van der Waals surface area contributed by atoms with E-state index in [1.807, 2.05) is 97.1 Å². The second kappa shape index (κ2) is 11.4. The highest BCUT2D eigenvalue weighted by Crippen LogP contribution is 2.39. The third-order valence-corrected chi connectivity index (χ3v) is 9.17. The van der Waals surface area contributed by atoms with Crippen molar-refractivity contribution in [2.75, 3.05) is 0 Å². The monoisotopic (exact) mass is 642 g/mol. The van der Waals surface area contributed by atoms with Crippen LogP contribution in [0, 0.1) is 0 Å². The molecule has 0 atom stereocenters. The summed E-state index contributed by atoms with van der Waals surface area (Å²) in [6.07, 6.45) is 0. The summed E-state index contributed by atoms with van der Waals surface area (Å²) in [4.78, 5) is 20.0. The van der Waals surface area contributed by atoms with Gasteiger partial charge in [-0.2, -0.15) is 0 Å². The van der Waals surface area contributed by atoms with Crippen LogP contribution in [0.3, 0.4) is 0 Å². The van der Waals surface area contributed by atoms with Crippen LogP contribution in [0.5, 0.6) is 0 Å². The fourth-order valence-corrected chi connectivity index (χ4v) is 6.72. The van der Waals surface area contributed by atoms with Gasteiger partial charge in [0, 0.05) is 27.6 Å². The number of fused-ring (bicyclic) bond motifs is 6. The fourth-order valence-electron chi connectivity index (χ4n) is 6.72. The maximum Gasteiger partial charge on any atom is 0.227 e. The lowest BCUT2D eigenvalue weighted by atomic mass is 9.97. The Morgan fingerprint density at radius 1 is 0.360 bits per heavy atom. The summed E-state index contributed by atoms with van der Waals surface area (Å²) in [5.74, 6) is 2.42. The molecule has 0 saturated heterocycles. The second-order valence-corrected chi connectivity index (χ2v) is 12.3. The van der Waals surface area contributed by atoms with Crippen molar-refractivity contribution in [1.29, 1.82) is 0 Å². The molecule has 7 aromatic carbocycles. The van der Waals surface area contributed by atoms with Gasteiger partial charge in [-0.3, -0.25) is 0 Å². The molecule has 6 nitrogen and oxygen atoms in total. The van der Waals surface area contributed by atoms with Gasteiger partial charge in [0.15, 0.2) is 23.1 Å². The average Bonchev–Trinajstić information content (AvgIpc) is 3.80. The molecule has 50 heavy (non-hydrogen) atoms. The number of rotatable bonds is 5. The van der Waals surface area contributed by atoms with Crippen molar-refractivity contribution in [1.82, 2.24) is 19.9 Å². The molecule has 0 bridgehead atoms. The Labute approximate surface area is 286 Å². The normalized spacial score (nSPS) is 11.6. The smallest absolute Gasteiger partial charge is 0.227 e. The van der Waals surface area contributed by atoms with Gasteiger partial charge in [0.1, 0.15) is 16.7 Å². The minimum absolute atomic E-state index is 0.586. The zero-order valence-electron chi connectivity index (χ0n) is 26.6. The number of hydrogen-bond donors (Lipinski definition) is 0. The first-order valence-electron chi connectivity index (χ1n) is 16.5. The second-order valence-electron chi connectivity index (χ2n) is 12.3. The van der Waals surface area contributed by atoms with Gasteiger partial charge in [0.25, 0.3) is 0 Å². The summed E-state index contributed by atoms with van der Waals surface area (Å²) in [5.41, 5.74) is 8.70. The first-order valence-corrected chi connectivity index (χ1v) is 16.5. The Morgan fingerprint density at radius 3 is 1.82 bits per heavy atom. The van der Waals surface area contributed by atoms with Crippen LogP contribution in [0.4, 0.5) is 0 Å². The van der Waals surface area contributed by atoms with Crippen LogP contribution < -0.4 is 0 Å². The molecule has 3 aromatic heterocycles. The molecule has 10 rings (SSSR count). The third-order valence-electron chi connectivity index (χ3n) is 9.17. The molecular formula is C44H26N4O2. The van der Waals surface area contributed by atoms with Crippen molar-refractivity contribution in [3.63, 3.8) is 0 Å². The summed E-state index contributed by atoms with van der Waals surface area (Å²) in [6, 6.07) is 53.0. The maximum absolute atomic E-state index is 6.45. The van der Waals surface area contributed by atoms with Crippen LogP contribution in [-0.4, -0.2) is 19.9 Å². The first-order chi connectivity index (χ1) is 24.7. The van der Waals surface area contributed by atoms with E-state index in [4.69, 9.17) is 28.8 Å². The predicted octanol–water partition coefficient (Wildman–Crippen LogP) is 11.4. The number of oxazole rings is 1. The molecule has 0 amide bonds. The first kappa shape index (κ1) is 28.1. The zero-order chi connectivity index (χ0) is 33.0. The molecular weight excluding hydrogens is 617 g/mol. The van der Waals surface area contributed by atoms with E-state index >= 15 is 0 Å². The number of nitrogens with zero attached hydrogens (tertiary/aromatic N) is 4. The van der Waals surface area contributed by atoms with Gasteiger partial charge in [-0.1, -0.05) is 115 Å². The number of aromatic nitrogens is 4. The summed E-state index contributed by atoms with van der Waals surface area (Å²) in [7, 11) is 0. The summed E-state index contributed by atoms with van der Waals surface area (Å²) in [5, 5.41) is 4.21. The molecule has 0 unspecified atom stereocenters. The lowest BCUT2D eigenvalue weighted by molar-refractivity contribution is 0.619. The Balaban J connectivity index is 1.12. The SMILES string of the molecule is c1ccc(-c2nc(-c3ccc4ccccc4c3)nc(-c3ccccc3-c3ccc4c(c3)oc3ccc5oc(-c6ccccc6)nc5c34)n2)cc1. The molecule has 3 heterocycles. The Kier molecular flexibility index (Phi) is 6.39. The van der Waals surface area contributed by atoms with Crippen molar-refractivity contribution in [3.05, 3.63) is 158 Å². The molecule has 0 spiro atoms. The molecule has 0 radical (unpaired) electrons. The molecule has 0 aliphatic heterocycles. The van der Waals surface area contributed by atoms with Gasteiger partial charge in [-0.15, -0.1) is 0 Å². The molecule has 0 saturated carbocycles. The minimum Gasteiger partial charge on any atom is -0.456 e. The van der Waals surface area contributed by atoms with E-state index in [1.165, 1.54) is 5.39 Å². The standard InChI is InChI=1S/C44H26N4O2/c1-3-12-28(13-4-1)41-46-42(32-20-19-27-11-7-8-16-30(27)25-32)48-43(47-41)34-18-10-9-17-33(34)31-21-22-35-38(26-31)49-36-23-24-37-40(39(35)36)45-44(50-37)29-14-5-2-6-15-29/h1-26H. The van der Waals surface area contributed by atoms with Gasteiger partial charge >= 0.3 is 0 Å². The van der Waals surface area contributed by atoms with Crippen molar-refractivity contribution in [2.45, 2.75) is 0 Å². The van der Waals surface area contributed by atoms with Crippen LogP contribution in [0.25, 0.3) is 101 Å². The molecule has 10 aromatic rings. The van der Waals surface area contributed by atoms with Crippen molar-refractivity contribution < 1.29 is 8.83 Å². The topological polar surface area (TPSA) is 77.8 Å². The molecule has 0 N–H and O–H groups in total. The molecule has 234 valence electrons. The summed E-state index contributed by atoms with van der Waals surface area (Å²) < 4.78 is 12.6. The lowest BCUT2D eigenvalue weighted by Gasteiger charge is -2.12. The van der Waals surface area contributed by atoms with E-state index in [0.717, 1.165) is 71.8 Å². The van der Waals surface area contributed by atoms with E-state index < -0.39 is 0 Å². The van der Waals surface area contributed by atoms with Gasteiger partial charge in [-0.05, 0) is 64.4 Å². The van der Waals surface area contributed by atoms with Crippen LogP contribution >= 0.6 is 0 Å². The highest BCUT2D eigenvalue weighted by Gasteiger charge is 2.19. The quantitative estimate of drug-likeness (QED) is 0.186. The number of furan rings is 1. The van der Waals surface area contributed by atoms with E-state index in [-0.39, 0.29) is 0 Å². The molecule has 0 aliphatic rings. The third kappa shape index (κ3) is 4.73. The molecule has 0 aliphatic carbocycles. The van der Waals surface area contributed by atoms with Gasteiger partial charge < -0.3 is 8.83 Å². The molecule has 6 heteroatoms. The predicted molar refractivity (Wildman–Crippen MR) is 199 cm³/mol. The van der Waals surface area contributed by atoms with Crippen LogP contribution in [0.15, 0.2) is 167 Å². The van der Waals surface area contributed by atoms with E-state index in [1.54, 1.807) is 0 Å². The van der Waals surface area contributed by atoms with Crippen molar-refractivity contribution in [3.8, 4) is 56.7 Å². The summed E-state index contributed by atoms with van der Waals surface area (Å²) >= 11 is 0. The highest BCUT2D eigenvalue weighted by atomic mass is 16.4. The van der Waals surface area contributed by atoms with Crippen LogP contribution in [0.1, 0.15) is 0 Å². The summed E-state index contributed by atoms with van der Waals surface area (Å²) in [6.45, 7) is 0. The number of benzene rings is 7. The van der Waals surface area contributed by atoms with Crippen LogP contribution in [0.2, 0.25) is 0 Å². The minimum atomic E-state index is 0.586. The number of hydrogen-bond acceptors (Lipinski definition) is 6. The lowest BCUT2D eigenvalue weighted by Crippen LogP contribution is -2.01. The maximum atomic E-state index is 6.45. The van der Waals surface area contributed by atoms with Gasteiger partial charge in [-0.25, -0.2) is 19.9 Å². The van der Waals surface area contributed by atoms with Gasteiger partial charge in [0.05, 0.1) is 5.39 Å². The zero-order valence-corrected chi connectivity index (χ0v) is 26.6. The van der Waals surface area contributed by atoms with E-state index in [0.29, 0.717) is 23.4 Å². The largest absolute Gasteiger partial charge is 0.456 e. The Bertz CT molecular complexity index is 2880. The van der Waals surface area contributed by atoms with Crippen molar-refractivity contribution >= 4 is 43.8 Å². The van der Waals surface area contributed by atoms with Crippen molar-refractivity contribution in [2.24, 2.45) is 0 Å². The molecule has 0 fully saturated rings. The van der Waals surface area contributed by atoms with Crippen LogP contribution in [-0.2, 0) is 0 Å².